The molecule has 11 aromatic carbocycles. The second kappa shape index (κ2) is 15.0. The van der Waals surface area contributed by atoms with Gasteiger partial charge in [-0.2, -0.15) is 0 Å². The first-order chi connectivity index (χ1) is 33.2. The maximum absolute atomic E-state index is 5.65. The molecule has 0 aliphatic carbocycles. The summed E-state index contributed by atoms with van der Waals surface area (Å²) in [6.07, 6.45) is 3.87. The standard InChI is InChI=1S/C62H34N4S/c1-2-16-37(17-3-1)38-32-39(34-40(33-38)42-28-15-29-52-47-22-12-13-31-56(47)67-62(42)52)41-27-14-30-53(54-35-63-58-48-23-8-4-18-43(48)45-20-6-10-25-50(45)60(58)65-54)57(41)55-36-64-59-49-24-9-5-19-44(49)46-21-7-11-26-51(46)61(59)66-55/h1-2,4-31,33-36H. The fourth-order valence-electron chi connectivity index (χ4n) is 10.3. The van der Waals surface area contributed by atoms with Crippen LogP contribution in [0.25, 0.3) is 141 Å². The maximum atomic E-state index is 5.65. The first-order valence-electron chi connectivity index (χ1n) is 22.4. The van der Waals surface area contributed by atoms with Crippen molar-refractivity contribution in [2.75, 3.05) is 0 Å². The van der Waals surface area contributed by atoms with Crippen LogP contribution in [0.3, 0.4) is 0 Å². The zero-order valence-corrected chi connectivity index (χ0v) is 36.6. The number of nitrogens with zero attached hydrogens (tertiary/aromatic N) is 4. The SMILES string of the molecule is [c]1cccc(-c2[c]c(-c3cccc(-c4cnc5c6ccccc6c6ccccc6c5n4)c3-c3cnc4c5ccccc5c5ccccc5c4n3)cc(-c3cccc4c3sc3ccccc34)c2)c1. The molecule has 14 aromatic rings. The number of thiophene rings is 1. The van der Waals surface area contributed by atoms with Crippen LogP contribution < -0.4 is 0 Å². The van der Waals surface area contributed by atoms with E-state index in [0.717, 1.165) is 115 Å². The second-order valence-electron chi connectivity index (χ2n) is 17.1. The van der Waals surface area contributed by atoms with E-state index >= 15 is 0 Å². The van der Waals surface area contributed by atoms with E-state index in [0.29, 0.717) is 0 Å². The molecule has 0 saturated heterocycles. The van der Waals surface area contributed by atoms with Gasteiger partial charge in [0, 0.05) is 52.8 Å². The summed E-state index contributed by atoms with van der Waals surface area (Å²) in [4.78, 5) is 21.8. The van der Waals surface area contributed by atoms with Gasteiger partial charge in [-0.15, -0.1) is 11.3 Å². The van der Waals surface area contributed by atoms with Crippen molar-refractivity contribution in [3.8, 4) is 55.9 Å². The monoisotopic (exact) mass is 866 g/mol. The quantitative estimate of drug-likeness (QED) is 0.162. The summed E-state index contributed by atoms with van der Waals surface area (Å²) in [7, 11) is 0. The van der Waals surface area contributed by atoms with Crippen molar-refractivity contribution in [2.45, 2.75) is 0 Å². The Balaban J connectivity index is 1.08. The molecular weight excluding hydrogens is 833 g/mol. The lowest BCUT2D eigenvalue weighted by Crippen LogP contribution is -1.98. The highest BCUT2D eigenvalue weighted by Crippen LogP contribution is 2.46. The van der Waals surface area contributed by atoms with Crippen LogP contribution in [0.15, 0.2) is 207 Å². The second-order valence-corrected chi connectivity index (χ2v) is 18.1. The molecule has 67 heavy (non-hydrogen) atoms. The van der Waals surface area contributed by atoms with E-state index in [4.69, 9.17) is 19.9 Å². The van der Waals surface area contributed by atoms with Crippen molar-refractivity contribution in [3.05, 3.63) is 219 Å². The van der Waals surface area contributed by atoms with Gasteiger partial charge < -0.3 is 0 Å². The average Bonchev–Trinajstić information content (AvgIpc) is 3.80. The van der Waals surface area contributed by atoms with E-state index in [2.05, 4.69) is 188 Å². The molecule has 0 fully saturated rings. The first kappa shape index (κ1) is 37.7. The predicted molar refractivity (Wildman–Crippen MR) is 280 cm³/mol. The lowest BCUT2D eigenvalue weighted by Gasteiger charge is -2.18. The van der Waals surface area contributed by atoms with Gasteiger partial charge in [-0.05, 0) is 91.3 Å². The molecule has 0 spiro atoms. The maximum Gasteiger partial charge on any atom is 0.0979 e. The van der Waals surface area contributed by atoms with Gasteiger partial charge in [0.2, 0.25) is 0 Å². The zero-order chi connectivity index (χ0) is 44.0. The van der Waals surface area contributed by atoms with Crippen LogP contribution in [0.5, 0.6) is 0 Å². The number of aromatic nitrogens is 4. The van der Waals surface area contributed by atoms with Crippen molar-refractivity contribution in [1.29, 1.82) is 0 Å². The minimum atomic E-state index is 0.740. The Hall–Kier alpha value is -8.64. The van der Waals surface area contributed by atoms with Gasteiger partial charge in [0.1, 0.15) is 0 Å². The summed E-state index contributed by atoms with van der Waals surface area (Å²) in [5.41, 5.74) is 13.0. The number of benzene rings is 11. The number of hydrogen-bond acceptors (Lipinski definition) is 5. The van der Waals surface area contributed by atoms with Crippen LogP contribution in [0.4, 0.5) is 0 Å². The molecular formula is C62H34N4S. The van der Waals surface area contributed by atoms with Crippen LogP contribution in [-0.4, -0.2) is 19.9 Å². The van der Waals surface area contributed by atoms with Gasteiger partial charge in [-0.1, -0.05) is 170 Å². The van der Waals surface area contributed by atoms with E-state index in [1.807, 2.05) is 41.9 Å². The van der Waals surface area contributed by atoms with E-state index in [-0.39, 0.29) is 0 Å². The van der Waals surface area contributed by atoms with Crippen LogP contribution in [0.1, 0.15) is 0 Å². The van der Waals surface area contributed by atoms with Gasteiger partial charge >= 0.3 is 0 Å². The Morgan fingerprint density at radius 1 is 0.373 bits per heavy atom. The highest BCUT2D eigenvalue weighted by atomic mass is 32.1. The third-order valence-corrected chi connectivity index (χ3v) is 14.6. The zero-order valence-electron chi connectivity index (χ0n) is 35.8. The largest absolute Gasteiger partial charge is 0.252 e. The average molecular weight is 867 g/mol. The van der Waals surface area contributed by atoms with Crippen molar-refractivity contribution >= 4 is 96.7 Å². The molecule has 0 aliphatic rings. The summed E-state index contributed by atoms with van der Waals surface area (Å²) in [5, 5.41) is 11.4. The molecule has 0 unspecified atom stereocenters. The third-order valence-electron chi connectivity index (χ3n) is 13.3. The molecule has 0 atom stereocenters. The summed E-state index contributed by atoms with van der Waals surface area (Å²) in [6, 6.07) is 75.8. The molecule has 4 nitrogen and oxygen atoms in total. The van der Waals surface area contributed by atoms with Gasteiger partial charge in [-0.3, -0.25) is 9.97 Å². The fraction of sp³-hybridized carbons (Fsp3) is 0. The molecule has 0 saturated carbocycles. The first-order valence-corrected chi connectivity index (χ1v) is 23.3. The Labute approximate surface area is 389 Å². The molecule has 308 valence electrons. The minimum Gasteiger partial charge on any atom is -0.252 e. The summed E-state index contributed by atoms with van der Waals surface area (Å²) in [6.45, 7) is 0. The Bertz CT molecular complexity index is 4280. The van der Waals surface area contributed by atoms with Crippen molar-refractivity contribution in [2.24, 2.45) is 0 Å². The van der Waals surface area contributed by atoms with Crippen LogP contribution in [0, 0.1) is 12.1 Å². The molecule has 2 radical (unpaired) electrons. The highest BCUT2D eigenvalue weighted by Gasteiger charge is 2.22. The normalized spacial score (nSPS) is 11.9. The van der Waals surface area contributed by atoms with E-state index in [1.54, 1.807) is 0 Å². The molecule has 0 bridgehead atoms. The van der Waals surface area contributed by atoms with Gasteiger partial charge in [0.05, 0.1) is 45.8 Å². The Kier molecular flexibility index (Phi) is 8.42. The molecule has 0 aliphatic heterocycles. The van der Waals surface area contributed by atoms with Crippen LogP contribution >= 0.6 is 11.3 Å². The fourth-order valence-corrected chi connectivity index (χ4v) is 11.6. The van der Waals surface area contributed by atoms with Crippen LogP contribution in [0.2, 0.25) is 0 Å². The van der Waals surface area contributed by atoms with E-state index in [1.165, 1.54) is 25.7 Å². The summed E-state index contributed by atoms with van der Waals surface area (Å²) in [5.74, 6) is 0. The molecule has 5 heteroatoms. The smallest absolute Gasteiger partial charge is 0.0979 e. The summed E-state index contributed by atoms with van der Waals surface area (Å²) >= 11 is 1.84. The van der Waals surface area contributed by atoms with E-state index < -0.39 is 0 Å². The third kappa shape index (κ3) is 5.92. The Morgan fingerprint density at radius 3 is 1.52 bits per heavy atom. The van der Waals surface area contributed by atoms with E-state index in [9.17, 15) is 0 Å². The predicted octanol–water partition coefficient (Wildman–Crippen LogP) is 16.5. The number of hydrogen-bond donors (Lipinski definition) is 0. The summed E-state index contributed by atoms with van der Waals surface area (Å²) < 4.78 is 2.53. The van der Waals surface area contributed by atoms with Crippen LogP contribution in [-0.2, 0) is 0 Å². The minimum absolute atomic E-state index is 0.740. The topological polar surface area (TPSA) is 51.6 Å². The van der Waals surface area contributed by atoms with Gasteiger partial charge in [0.15, 0.2) is 0 Å². The molecule has 14 rings (SSSR count). The van der Waals surface area contributed by atoms with Crippen molar-refractivity contribution in [1.82, 2.24) is 19.9 Å². The Morgan fingerprint density at radius 2 is 0.881 bits per heavy atom. The van der Waals surface area contributed by atoms with Gasteiger partial charge in [0.25, 0.3) is 0 Å². The molecule has 3 heterocycles. The van der Waals surface area contributed by atoms with Crippen molar-refractivity contribution in [3.63, 3.8) is 0 Å². The highest BCUT2D eigenvalue weighted by molar-refractivity contribution is 7.26. The molecule has 3 aromatic heterocycles. The number of fused-ring (bicyclic) bond motifs is 15. The lowest BCUT2D eigenvalue weighted by molar-refractivity contribution is 1.28. The van der Waals surface area contributed by atoms with Gasteiger partial charge in [-0.25, -0.2) is 9.97 Å². The lowest BCUT2D eigenvalue weighted by atomic mass is 9.88. The van der Waals surface area contributed by atoms with Crippen molar-refractivity contribution < 1.29 is 0 Å². The molecule has 0 N–H and O–H groups in total. The molecule has 0 amide bonds. The number of rotatable bonds is 5.